The van der Waals surface area contributed by atoms with E-state index in [1.807, 2.05) is 0 Å². The minimum Gasteiger partial charge on any atom is -0.258 e. The van der Waals surface area contributed by atoms with E-state index in [-0.39, 0.29) is 16.2 Å². The Balaban J connectivity index is 2.96. The zero-order chi connectivity index (χ0) is 11.0. The average molecular weight is 224 g/mol. The van der Waals surface area contributed by atoms with Gasteiger partial charge in [0.15, 0.2) is 5.52 Å². The van der Waals surface area contributed by atoms with E-state index in [9.17, 15) is 10.1 Å². The number of aryl methyl sites for hydroxylation is 1. The topological polar surface area (TPSA) is 68.9 Å². The number of benzene rings is 1. The second-order valence-electron chi connectivity index (χ2n) is 3.03. The lowest BCUT2D eigenvalue weighted by atomic mass is 10.1. The SMILES string of the molecule is Cc1cc(Cl)c([N+](=O)[O-])c2nccnc12. The maximum atomic E-state index is 10.8. The van der Waals surface area contributed by atoms with Crippen LogP contribution in [0.4, 0.5) is 5.69 Å². The van der Waals surface area contributed by atoms with E-state index in [1.165, 1.54) is 18.5 Å². The molecule has 0 spiro atoms. The monoisotopic (exact) mass is 223 g/mol. The van der Waals surface area contributed by atoms with Crippen molar-refractivity contribution in [3.05, 3.63) is 39.2 Å². The Kier molecular flexibility index (Phi) is 2.24. The highest BCUT2D eigenvalue weighted by Gasteiger charge is 2.20. The van der Waals surface area contributed by atoms with Gasteiger partial charge in [0.2, 0.25) is 0 Å². The molecule has 0 N–H and O–H groups in total. The number of nitro groups is 1. The smallest absolute Gasteiger partial charge is 0.258 e. The predicted molar refractivity (Wildman–Crippen MR) is 55.9 cm³/mol. The van der Waals surface area contributed by atoms with Gasteiger partial charge in [0, 0.05) is 12.4 Å². The summed E-state index contributed by atoms with van der Waals surface area (Å²) in [6, 6.07) is 1.52. The molecule has 1 heterocycles. The van der Waals surface area contributed by atoms with Crippen molar-refractivity contribution in [3.63, 3.8) is 0 Å². The van der Waals surface area contributed by atoms with Crippen molar-refractivity contribution in [1.29, 1.82) is 0 Å². The molecule has 0 aliphatic rings. The zero-order valence-corrected chi connectivity index (χ0v) is 8.52. The van der Waals surface area contributed by atoms with Crippen molar-refractivity contribution >= 4 is 28.3 Å². The van der Waals surface area contributed by atoms with Crippen molar-refractivity contribution in [2.75, 3.05) is 0 Å². The van der Waals surface area contributed by atoms with Crippen LogP contribution in [0.5, 0.6) is 0 Å². The lowest BCUT2D eigenvalue weighted by Crippen LogP contribution is -1.95. The molecule has 0 bridgehead atoms. The summed E-state index contributed by atoms with van der Waals surface area (Å²) in [7, 11) is 0. The second kappa shape index (κ2) is 3.43. The van der Waals surface area contributed by atoms with Crippen molar-refractivity contribution in [2.45, 2.75) is 6.92 Å². The number of rotatable bonds is 1. The van der Waals surface area contributed by atoms with Crippen molar-refractivity contribution < 1.29 is 4.92 Å². The predicted octanol–water partition coefficient (Wildman–Crippen LogP) is 2.50. The van der Waals surface area contributed by atoms with Gasteiger partial charge in [0.1, 0.15) is 5.02 Å². The van der Waals surface area contributed by atoms with E-state index in [4.69, 9.17) is 11.6 Å². The normalized spacial score (nSPS) is 10.5. The minimum absolute atomic E-state index is 0.0884. The van der Waals surface area contributed by atoms with E-state index in [0.717, 1.165) is 5.56 Å². The number of hydrogen-bond donors (Lipinski definition) is 0. The Bertz CT molecular complexity index is 556. The molecule has 0 aliphatic heterocycles. The van der Waals surface area contributed by atoms with E-state index >= 15 is 0 Å². The molecule has 0 saturated heterocycles. The molecule has 0 saturated carbocycles. The maximum absolute atomic E-state index is 10.8. The first-order valence-electron chi connectivity index (χ1n) is 4.15. The number of nitro benzene ring substituents is 1. The fourth-order valence-electron chi connectivity index (χ4n) is 1.41. The van der Waals surface area contributed by atoms with E-state index < -0.39 is 4.92 Å². The lowest BCUT2D eigenvalue weighted by molar-refractivity contribution is -0.383. The van der Waals surface area contributed by atoms with Gasteiger partial charge in [-0.15, -0.1) is 0 Å². The molecule has 0 aliphatic carbocycles. The van der Waals surface area contributed by atoms with Crippen molar-refractivity contribution in [3.8, 4) is 0 Å². The number of nitrogens with zero attached hydrogens (tertiary/aromatic N) is 3. The van der Waals surface area contributed by atoms with Crippen LogP contribution in [0.3, 0.4) is 0 Å². The third-order valence-electron chi connectivity index (χ3n) is 2.05. The van der Waals surface area contributed by atoms with Crippen LogP contribution < -0.4 is 0 Å². The molecule has 2 rings (SSSR count). The molecule has 0 amide bonds. The third-order valence-corrected chi connectivity index (χ3v) is 2.34. The Morgan fingerprint density at radius 2 is 1.93 bits per heavy atom. The standard InChI is InChI=1S/C9H6ClN3O2/c1-5-4-6(10)9(13(14)15)8-7(5)11-2-3-12-8/h2-4H,1H3. The Morgan fingerprint density at radius 1 is 1.33 bits per heavy atom. The van der Waals surface area contributed by atoms with Gasteiger partial charge in [-0.25, -0.2) is 4.98 Å². The molecule has 0 unspecified atom stereocenters. The number of fused-ring (bicyclic) bond motifs is 1. The van der Waals surface area contributed by atoms with Crippen LogP contribution in [0.1, 0.15) is 5.56 Å². The van der Waals surface area contributed by atoms with E-state index in [0.29, 0.717) is 5.52 Å². The largest absolute Gasteiger partial charge is 0.315 e. The first-order chi connectivity index (χ1) is 7.11. The summed E-state index contributed by atoms with van der Waals surface area (Å²) in [5, 5.41) is 10.9. The molecule has 1 aromatic heterocycles. The van der Waals surface area contributed by atoms with Crippen LogP contribution in [-0.2, 0) is 0 Å². The average Bonchev–Trinajstić information content (AvgIpc) is 2.17. The van der Waals surface area contributed by atoms with Crippen LogP contribution in [-0.4, -0.2) is 14.9 Å². The van der Waals surface area contributed by atoms with E-state index in [2.05, 4.69) is 9.97 Å². The Hall–Kier alpha value is -1.75. The van der Waals surface area contributed by atoms with Crippen LogP contribution >= 0.6 is 11.6 Å². The first kappa shape index (κ1) is 9.79. The van der Waals surface area contributed by atoms with Gasteiger partial charge in [0.25, 0.3) is 0 Å². The molecule has 2 aromatic rings. The summed E-state index contributed by atoms with van der Waals surface area (Å²) >= 11 is 5.79. The molecule has 0 atom stereocenters. The fraction of sp³-hybridized carbons (Fsp3) is 0.111. The summed E-state index contributed by atoms with van der Waals surface area (Å²) in [5.74, 6) is 0. The Morgan fingerprint density at radius 3 is 2.53 bits per heavy atom. The van der Waals surface area contributed by atoms with Crippen LogP contribution in [0.15, 0.2) is 18.5 Å². The van der Waals surface area contributed by atoms with Gasteiger partial charge < -0.3 is 0 Å². The summed E-state index contributed by atoms with van der Waals surface area (Å²) in [5.41, 5.74) is 1.32. The highest BCUT2D eigenvalue weighted by atomic mass is 35.5. The Labute approximate surface area is 89.9 Å². The van der Waals surface area contributed by atoms with Gasteiger partial charge in [-0.3, -0.25) is 15.1 Å². The summed E-state index contributed by atoms with van der Waals surface area (Å²) in [4.78, 5) is 18.2. The number of aromatic nitrogens is 2. The van der Waals surface area contributed by atoms with Crippen LogP contribution in [0.2, 0.25) is 5.02 Å². The minimum atomic E-state index is -0.543. The molecular weight excluding hydrogens is 218 g/mol. The van der Waals surface area contributed by atoms with E-state index in [1.54, 1.807) is 6.92 Å². The zero-order valence-electron chi connectivity index (χ0n) is 7.77. The second-order valence-corrected chi connectivity index (χ2v) is 3.44. The maximum Gasteiger partial charge on any atom is 0.315 e. The van der Waals surface area contributed by atoms with Crippen LogP contribution in [0, 0.1) is 17.0 Å². The van der Waals surface area contributed by atoms with Gasteiger partial charge in [0.05, 0.1) is 10.4 Å². The quantitative estimate of drug-likeness (QED) is 0.550. The molecule has 1 aromatic carbocycles. The number of halogens is 1. The van der Waals surface area contributed by atoms with Crippen molar-refractivity contribution in [2.24, 2.45) is 0 Å². The molecule has 0 radical (unpaired) electrons. The van der Waals surface area contributed by atoms with Crippen LogP contribution in [0.25, 0.3) is 11.0 Å². The van der Waals surface area contributed by atoms with Gasteiger partial charge in [-0.05, 0) is 18.6 Å². The van der Waals surface area contributed by atoms with Gasteiger partial charge >= 0.3 is 5.69 Å². The van der Waals surface area contributed by atoms with Gasteiger partial charge in [-0.2, -0.15) is 0 Å². The lowest BCUT2D eigenvalue weighted by Gasteiger charge is -2.02. The third kappa shape index (κ3) is 1.50. The molecule has 15 heavy (non-hydrogen) atoms. The molecule has 76 valence electrons. The summed E-state index contributed by atoms with van der Waals surface area (Å²) in [6.45, 7) is 1.78. The first-order valence-corrected chi connectivity index (χ1v) is 4.53. The highest BCUT2D eigenvalue weighted by molar-refractivity contribution is 6.34. The highest BCUT2D eigenvalue weighted by Crippen LogP contribution is 2.32. The molecule has 0 fully saturated rings. The van der Waals surface area contributed by atoms with Crippen molar-refractivity contribution in [1.82, 2.24) is 9.97 Å². The number of hydrogen-bond acceptors (Lipinski definition) is 4. The fourth-order valence-corrected chi connectivity index (χ4v) is 1.74. The summed E-state index contributed by atoms with van der Waals surface area (Å²) < 4.78 is 0. The summed E-state index contributed by atoms with van der Waals surface area (Å²) in [6.07, 6.45) is 2.90. The molecule has 6 heteroatoms. The molecule has 5 nitrogen and oxygen atoms in total. The molecular formula is C9H6ClN3O2. The van der Waals surface area contributed by atoms with Gasteiger partial charge in [-0.1, -0.05) is 11.6 Å².